The van der Waals surface area contributed by atoms with E-state index in [0.717, 1.165) is 17.7 Å². The van der Waals surface area contributed by atoms with Crippen molar-refractivity contribution in [1.82, 2.24) is 15.2 Å². The molecule has 3 aromatic rings. The van der Waals surface area contributed by atoms with E-state index in [4.69, 9.17) is 16.0 Å². The fraction of sp³-hybridized carbons (Fsp3) is 0.273. The highest BCUT2D eigenvalue weighted by molar-refractivity contribution is 6.30. The number of piperazine rings is 1. The van der Waals surface area contributed by atoms with Gasteiger partial charge in [-0.2, -0.15) is 0 Å². The number of benzene rings is 2. The van der Waals surface area contributed by atoms with Crippen molar-refractivity contribution in [3.05, 3.63) is 76.6 Å². The summed E-state index contributed by atoms with van der Waals surface area (Å²) in [6.45, 7) is 3.99. The molecule has 2 heterocycles. The Morgan fingerprint density at radius 3 is 2.86 bits per heavy atom. The molecule has 1 N–H and O–H groups in total. The Kier molecular flexibility index (Phi) is 5.46. The second-order valence-electron chi connectivity index (χ2n) is 6.93. The molecule has 1 fully saturated rings. The Morgan fingerprint density at radius 2 is 2.07 bits per heavy atom. The summed E-state index contributed by atoms with van der Waals surface area (Å²) in [5.41, 5.74) is 2.63. The van der Waals surface area contributed by atoms with E-state index in [9.17, 15) is 4.79 Å². The third-order valence-electron chi connectivity index (χ3n) is 5.03. The molecule has 1 aliphatic rings. The lowest BCUT2D eigenvalue weighted by Gasteiger charge is -2.36. The van der Waals surface area contributed by atoms with Crippen molar-refractivity contribution in [3.63, 3.8) is 0 Å². The van der Waals surface area contributed by atoms with Crippen LogP contribution >= 0.6 is 11.6 Å². The highest BCUT2D eigenvalue weighted by atomic mass is 35.5. The zero-order valence-corrected chi connectivity index (χ0v) is 16.4. The predicted octanol–water partition coefficient (Wildman–Crippen LogP) is 4.02. The largest absolute Gasteiger partial charge is 0.441 e. The van der Waals surface area contributed by atoms with Gasteiger partial charge in [0.25, 0.3) is 0 Å². The maximum Gasteiger partial charge on any atom is 0.229 e. The Bertz CT molecular complexity index is 971. The van der Waals surface area contributed by atoms with Crippen molar-refractivity contribution in [1.29, 1.82) is 0 Å². The number of nitrogens with zero attached hydrogens (tertiary/aromatic N) is 2. The van der Waals surface area contributed by atoms with Gasteiger partial charge in [0.15, 0.2) is 0 Å². The molecular weight excluding hydrogens is 374 g/mol. The van der Waals surface area contributed by atoms with Gasteiger partial charge in [-0.15, -0.1) is 0 Å². The van der Waals surface area contributed by atoms with Gasteiger partial charge < -0.3 is 14.6 Å². The summed E-state index contributed by atoms with van der Waals surface area (Å²) in [6.07, 6.45) is 0.221. The molecule has 28 heavy (non-hydrogen) atoms. The van der Waals surface area contributed by atoms with Gasteiger partial charge in [0.2, 0.25) is 11.8 Å². The van der Waals surface area contributed by atoms with Crippen LogP contribution in [0.1, 0.15) is 23.1 Å². The van der Waals surface area contributed by atoms with Gasteiger partial charge in [0.1, 0.15) is 5.76 Å². The fourth-order valence-electron chi connectivity index (χ4n) is 3.56. The quantitative estimate of drug-likeness (QED) is 0.724. The summed E-state index contributed by atoms with van der Waals surface area (Å²) in [7, 11) is 0. The molecule has 0 bridgehead atoms. The summed E-state index contributed by atoms with van der Waals surface area (Å²) >= 11 is 6.16. The smallest absolute Gasteiger partial charge is 0.229 e. The van der Waals surface area contributed by atoms with Crippen LogP contribution in [-0.2, 0) is 11.2 Å². The van der Waals surface area contributed by atoms with Crippen LogP contribution in [-0.4, -0.2) is 35.4 Å². The Morgan fingerprint density at radius 1 is 1.25 bits per heavy atom. The second kappa shape index (κ2) is 8.17. The standard InChI is InChI=1S/C22H22ClN3O2/c1-15-19(25-22(28-15)16-6-3-2-4-7-16)13-21(27)26-11-10-24-14-20(26)17-8-5-9-18(23)12-17/h2-9,12,20,24H,10-11,13-14H2,1H3. The van der Waals surface area contributed by atoms with Gasteiger partial charge in [-0.1, -0.05) is 41.9 Å². The minimum absolute atomic E-state index is 0.0410. The number of hydrogen-bond donors (Lipinski definition) is 1. The van der Waals surface area contributed by atoms with Gasteiger partial charge in [0, 0.05) is 30.2 Å². The zero-order chi connectivity index (χ0) is 19.5. The number of aryl methyl sites for hydroxylation is 1. The van der Waals surface area contributed by atoms with Crippen LogP contribution in [0.2, 0.25) is 5.02 Å². The Labute approximate surface area is 169 Å². The maximum atomic E-state index is 13.1. The van der Waals surface area contributed by atoms with Gasteiger partial charge in [0.05, 0.1) is 18.2 Å². The first-order valence-electron chi connectivity index (χ1n) is 9.39. The average Bonchev–Trinajstić information content (AvgIpc) is 3.09. The number of halogens is 1. The lowest BCUT2D eigenvalue weighted by atomic mass is 10.0. The number of nitrogens with one attached hydrogen (secondary N) is 1. The SMILES string of the molecule is Cc1oc(-c2ccccc2)nc1CC(=O)N1CCNCC1c1cccc(Cl)c1. The molecule has 5 nitrogen and oxygen atoms in total. The van der Waals surface area contributed by atoms with Gasteiger partial charge >= 0.3 is 0 Å². The van der Waals surface area contributed by atoms with Crippen molar-refractivity contribution in [2.24, 2.45) is 0 Å². The highest BCUT2D eigenvalue weighted by Gasteiger charge is 2.29. The molecule has 6 heteroatoms. The first-order chi connectivity index (χ1) is 13.6. The predicted molar refractivity (Wildman–Crippen MR) is 109 cm³/mol. The van der Waals surface area contributed by atoms with E-state index in [1.54, 1.807) is 0 Å². The van der Waals surface area contributed by atoms with E-state index in [1.807, 2.05) is 66.4 Å². The minimum atomic E-state index is -0.0410. The number of oxazole rings is 1. The van der Waals surface area contributed by atoms with Crippen molar-refractivity contribution < 1.29 is 9.21 Å². The summed E-state index contributed by atoms with van der Waals surface area (Å²) in [6, 6.07) is 17.4. The molecule has 4 rings (SSSR count). The van der Waals surface area contributed by atoms with Gasteiger partial charge in [-0.25, -0.2) is 4.98 Å². The van der Waals surface area contributed by atoms with Crippen molar-refractivity contribution in [3.8, 4) is 11.5 Å². The monoisotopic (exact) mass is 395 g/mol. The average molecular weight is 396 g/mol. The van der Waals surface area contributed by atoms with Crippen molar-refractivity contribution in [2.45, 2.75) is 19.4 Å². The van der Waals surface area contributed by atoms with Crippen molar-refractivity contribution in [2.75, 3.05) is 19.6 Å². The number of aromatic nitrogens is 1. The molecule has 1 amide bonds. The van der Waals surface area contributed by atoms with E-state index < -0.39 is 0 Å². The molecule has 0 saturated carbocycles. The topological polar surface area (TPSA) is 58.4 Å². The fourth-order valence-corrected chi connectivity index (χ4v) is 3.75. The molecule has 0 radical (unpaired) electrons. The van der Waals surface area contributed by atoms with E-state index in [1.165, 1.54) is 0 Å². The summed E-state index contributed by atoms with van der Waals surface area (Å²) in [5, 5.41) is 4.04. The van der Waals surface area contributed by atoms with E-state index in [2.05, 4.69) is 10.3 Å². The molecule has 1 unspecified atom stereocenters. The lowest BCUT2D eigenvalue weighted by Crippen LogP contribution is -2.49. The highest BCUT2D eigenvalue weighted by Crippen LogP contribution is 2.27. The molecule has 0 spiro atoms. The molecule has 1 saturated heterocycles. The van der Waals surface area contributed by atoms with Gasteiger partial charge in [-0.3, -0.25) is 4.79 Å². The molecule has 1 aliphatic heterocycles. The van der Waals surface area contributed by atoms with E-state index in [-0.39, 0.29) is 18.4 Å². The molecular formula is C22H22ClN3O2. The first-order valence-corrected chi connectivity index (χ1v) is 9.77. The van der Waals surface area contributed by atoms with Crippen LogP contribution in [0.15, 0.2) is 59.0 Å². The molecule has 144 valence electrons. The Hall–Kier alpha value is -2.63. The third-order valence-corrected chi connectivity index (χ3v) is 5.26. The maximum absolute atomic E-state index is 13.1. The normalized spacial score (nSPS) is 16.9. The van der Waals surface area contributed by atoms with Crippen molar-refractivity contribution >= 4 is 17.5 Å². The molecule has 1 atom stereocenters. The summed E-state index contributed by atoms with van der Waals surface area (Å²) in [5.74, 6) is 1.27. The molecule has 1 aromatic heterocycles. The van der Waals surface area contributed by atoms with Crippen LogP contribution < -0.4 is 5.32 Å². The summed E-state index contributed by atoms with van der Waals surface area (Å²) < 4.78 is 5.80. The second-order valence-corrected chi connectivity index (χ2v) is 7.36. The van der Waals surface area contributed by atoms with Crippen LogP contribution in [0, 0.1) is 6.92 Å². The van der Waals surface area contributed by atoms with Gasteiger partial charge in [-0.05, 0) is 36.8 Å². The number of carbonyl (C=O) groups excluding carboxylic acids is 1. The first kappa shape index (κ1) is 18.7. The number of hydrogen-bond acceptors (Lipinski definition) is 4. The lowest BCUT2D eigenvalue weighted by molar-refractivity contribution is -0.133. The van der Waals surface area contributed by atoms with Crippen LogP contribution in [0.4, 0.5) is 0 Å². The summed E-state index contributed by atoms with van der Waals surface area (Å²) in [4.78, 5) is 19.6. The zero-order valence-electron chi connectivity index (χ0n) is 15.7. The number of amides is 1. The van der Waals surface area contributed by atoms with Crippen LogP contribution in [0.5, 0.6) is 0 Å². The van der Waals surface area contributed by atoms with Crippen LogP contribution in [0.25, 0.3) is 11.5 Å². The number of rotatable bonds is 4. The van der Waals surface area contributed by atoms with E-state index >= 15 is 0 Å². The number of carbonyl (C=O) groups is 1. The third kappa shape index (κ3) is 3.96. The van der Waals surface area contributed by atoms with E-state index in [0.29, 0.717) is 35.5 Å². The van der Waals surface area contributed by atoms with Crippen LogP contribution in [0.3, 0.4) is 0 Å². The Balaban J connectivity index is 1.54. The molecule has 2 aromatic carbocycles. The minimum Gasteiger partial charge on any atom is -0.441 e. The molecule has 0 aliphatic carbocycles.